The smallest absolute Gasteiger partial charge is 0.345 e. The lowest BCUT2D eigenvalue weighted by Gasteiger charge is -2.26. The van der Waals surface area contributed by atoms with Crippen LogP contribution in [0.15, 0.2) is 66.9 Å². The number of aromatic nitrogens is 2. The first-order valence-corrected chi connectivity index (χ1v) is 15.4. The summed E-state index contributed by atoms with van der Waals surface area (Å²) in [4.78, 5) is 12.5. The van der Waals surface area contributed by atoms with Gasteiger partial charge in [0.2, 0.25) is 5.88 Å². The molecule has 0 saturated carbocycles. The SMILES string of the molecule is CCOC(=O)c1cnn(-c2cccc(-c3cccc4c3[C@@H](Cc3ccc(C5CCNCC5)c(CC)c3)CC4)c2)c1OC. The number of carbonyl (C=O) groups excluding carboxylic acids is 1. The van der Waals surface area contributed by atoms with E-state index in [1.165, 1.54) is 53.3 Å². The zero-order chi connectivity index (χ0) is 29.1. The molecule has 2 aliphatic rings. The minimum Gasteiger partial charge on any atom is -0.480 e. The number of esters is 1. The molecule has 1 atom stereocenters. The van der Waals surface area contributed by atoms with E-state index in [-0.39, 0.29) is 0 Å². The normalized spacial score (nSPS) is 16.8. The molecule has 0 radical (unpaired) electrons. The molecule has 0 spiro atoms. The van der Waals surface area contributed by atoms with Crippen LogP contribution < -0.4 is 10.1 Å². The van der Waals surface area contributed by atoms with Crippen molar-refractivity contribution in [1.82, 2.24) is 15.1 Å². The highest BCUT2D eigenvalue weighted by atomic mass is 16.5. The van der Waals surface area contributed by atoms with Crippen molar-refractivity contribution in [2.75, 3.05) is 26.8 Å². The van der Waals surface area contributed by atoms with Gasteiger partial charge in [-0.3, -0.25) is 0 Å². The van der Waals surface area contributed by atoms with Gasteiger partial charge in [0, 0.05) is 0 Å². The second-order valence-electron chi connectivity index (χ2n) is 11.5. The van der Waals surface area contributed by atoms with Crippen LogP contribution >= 0.6 is 0 Å². The monoisotopic (exact) mass is 563 g/mol. The molecule has 1 saturated heterocycles. The number of piperidine rings is 1. The number of fused-ring (bicyclic) bond motifs is 1. The van der Waals surface area contributed by atoms with Crippen LogP contribution in [0.2, 0.25) is 0 Å². The maximum atomic E-state index is 12.5. The Bertz CT molecular complexity index is 1570. The highest BCUT2D eigenvalue weighted by Crippen LogP contribution is 2.42. The van der Waals surface area contributed by atoms with Crippen LogP contribution in [0.1, 0.15) is 83.1 Å². The number of nitrogens with one attached hydrogen (secondary N) is 1. The zero-order valence-electron chi connectivity index (χ0n) is 25.0. The number of carbonyl (C=O) groups is 1. The minimum atomic E-state index is -0.435. The number of rotatable bonds is 9. The van der Waals surface area contributed by atoms with E-state index in [1.54, 1.807) is 24.3 Å². The molecule has 2 heterocycles. The maximum absolute atomic E-state index is 12.5. The molecule has 0 bridgehead atoms. The topological polar surface area (TPSA) is 65.4 Å². The lowest BCUT2D eigenvalue weighted by molar-refractivity contribution is 0.0522. The van der Waals surface area contributed by atoms with Crippen LogP contribution in [0.4, 0.5) is 0 Å². The van der Waals surface area contributed by atoms with Crippen LogP contribution in [-0.4, -0.2) is 42.6 Å². The zero-order valence-corrected chi connectivity index (χ0v) is 25.0. The lowest BCUT2D eigenvalue weighted by atomic mass is 9.83. The van der Waals surface area contributed by atoms with Crippen LogP contribution in [-0.2, 0) is 24.0 Å². The summed E-state index contributed by atoms with van der Waals surface area (Å²) in [6.45, 7) is 6.63. The van der Waals surface area contributed by atoms with Crippen molar-refractivity contribution in [3.63, 3.8) is 0 Å². The number of aryl methyl sites for hydroxylation is 2. The molecule has 4 aromatic rings. The average Bonchev–Trinajstić information content (AvgIpc) is 3.66. The van der Waals surface area contributed by atoms with Crippen molar-refractivity contribution in [2.24, 2.45) is 0 Å². The Morgan fingerprint density at radius 2 is 1.86 bits per heavy atom. The Kier molecular flexibility index (Phi) is 8.43. The van der Waals surface area contributed by atoms with E-state index < -0.39 is 5.97 Å². The Labute approximate surface area is 249 Å². The Morgan fingerprint density at radius 1 is 1.02 bits per heavy atom. The van der Waals surface area contributed by atoms with Crippen molar-refractivity contribution < 1.29 is 14.3 Å². The van der Waals surface area contributed by atoms with Gasteiger partial charge < -0.3 is 14.8 Å². The molecule has 6 heteroatoms. The predicted molar refractivity (Wildman–Crippen MR) is 167 cm³/mol. The van der Waals surface area contributed by atoms with E-state index >= 15 is 0 Å². The first-order valence-electron chi connectivity index (χ1n) is 15.4. The van der Waals surface area contributed by atoms with Gasteiger partial charge in [-0.15, -0.1) is 0 Å². The first-order chi connectivity index (χ1) is 20.6. The van der Waals surface area contributed by atoms with Gasteiger partial charge in [0.15, 0.2) is 0 Å². The van der Waals surface area contributed by atoms with Crippen LogP contribution in [0.3, 0.4) is 0 Å². The average molecular weight is 564 g/mol. The number of benzene rings is 3. The fraction of sp³-hybridized carbons (Fsp3) is 0.389. The molecular formula is C36H41N3O3. The van der Waals surface area contributed by atoms with Crippen molar-refractivity contribution in [1.29, 1.82) is 0 Å². The van der Waals surface area contributed by atoms with Gasteiger partial charge in [-0.25, -0.2) is 9.48 Å². The summed E-state index contributed by atoms with van der Waals surface area (Å²) in [7, 11) is 1.55. The molecule has 218 valence electrons. The summed E-state index contributed by atoms with van der Waals surface area (Å²) in [5.41, 5.74) is 11.0. The second-order valence-corrected chi connectivity index (χ2v) is 11.5. The van der Waals surface area contributed by atoms with Gasteiger partial charge in [-0.1, -0.05) is 55.5 Å². The minimum absolute atomic E-state index is 0.297. The molecular weight excluding hydrogens is 522 g/mol. The number of ether oxygens (including phenoxy) is 2. The standard InChI is InChI=1S/C36H41N3O3/c1-4-25-20-24(12-15-31(25)26-16-18-37-19-17-26)21-29-14-13-27-8-7-11-32(34(27)29)28-9-6-10-30(22-28)39-35(41-3)33(23-38-39)36(40)42-5-2/h6-12,15,20,22-23,26,29,37H,4-5,13-14,16-19,21H2,1-3H3/t29-/m1/s1. The van der Waals surface area contributed by atoms with Gasteiger partial charge in [0.25, 0.3) is 0 Å². The first kappa shape index (κ1) is 28.2. The molecule has 1 fully saturated rings. The Balaban J connectivity index is 1.30. The van der Waals surface area contributed by atoms with Gasteiger partial charge in [-0.2, -0.15) is 5.10 Å². The second kappa shape index (κ2) is 12.5. The molecule has 1 N–H and O–H groups in total. The van der Waals surface area contributed by atoms with Crippen molar-refractivity contribution in [3.05, 3.63) is 100 Å². The third-order valence-corrected chi connectivity index (χ3v) is 9.03. The van der Waals surface area contributed by atoms with Gasteiger partial charge >= 0.3 is 5.97 Å². The lowest BCUT2D eigenvalue weighted by Crippen LogP contribution is -2.27. The summed E-state index contributed by atoms with van der Waals surface area (Å²) in [6.07, 6.45) is 8.40. The summed E-state index contributed by atoms with van der Waals surface area (Å²) in [6, 6.07) is 22.4. The number of hydrogen-bond donors (Lipinski definition) is 1. The largest absolute Gasteiger partial charge is 0.480 e. The fourth-order valence-corrected chi connectivity index (χ4v) is 7.02. The molecule has 1 aliphatic heterocycles. The van der Waals surface area contributed by atoms with E-state index in [1.807, 2.05) is 12.1 Å². The summed E-state index contributed by atoms with van der Waals surface area (Å²) >= 11 is 0. The van der Waals surface area contributed by atoms with Gasteiger partial charge in [0.1, 0.15) is 5.56 Å². The third-order valence-electron chi connectivity index (χ3n) is 9.03. The quantitative estimate of drug-likeness (QED) is 0.222. The van der Waals surface area contributed by atoms with Crippen LogP contribution in [0, 0.1) is 0 Å². The van der Waals surface area contributed by atoms with Crippen LogP contribution in [0.5, 0.6) is 5.88 Å². The molecule has 1 aliphatic carbocycles. The van der Waals surface area contributed by atoms with Crippen molar-refractivity contribution in [2.45, 2.75) is 64.2 Å². The molecule has 1 aromatic heterocycles. The van der Waals surface area contributed by atoms with Gasteiger partial charge in [-0.05, 0) is 121 Å². The summed E-state index contributed by atoms with van der Waals surface area (Å²) < 4.78 is 12.5. The Morgan fingerprint density at radius 3 is 2.64 bits per heavy atom. The molecule has 6 rings (SSSR count). The van der Waals surface area contributed by atoms with Crippen LogP contribution in [0.25, 0.3) is 16.8 Å². The molecule has 0 amide bonds. The molecule has 6 nitrogen and oxygen atoms in total. The molecule has 3 aromatic carbocycles. The highest BCUT2D eigenvalue weighted by molar-refractivity contribution is 5.92. The molecule has 0 unspecified atom stereocenters. The fourth-order valence-electron chi connectivity index (χ4n) is 7.02. The van der Waals surface area contributed by atoms with E-state index in [2.05, 4.69) is 65.9 Å². The number of nitrogens with zero attached hydrogens (tertiary/aromatic N) is 2. The van der Waals surface area contributed by atoms with E-state index in [0.717, 1.165) is 43.6 Å². The third kappa shape index (κ3) is 5.48. The highest BCUT2D eigenvalue weighted by Gasteiger charge is 2.27. The maximum Gasteiger partial charge on any atom is 0.345 e. The summed E-state index contributed by atoms with van der Waals surface area (Å²) in [5, 5.41) is 7.99. The molecule has 42 heavy (non-hydrogen) atoms. The van der Waals surface area contributed by atoms with Crippen molar-refractivity contribution in [3.8, 4) is 22.7 Å². The van der Waals surface area contributed by atoms with Gasteiger partial charge in [0.05, 0.1) is 25.6 Å². The Hall–Kier alpha value is -3.90. The number of methoxy groups -OCH3 is 1. The summed E-state index contributed by atoms with van der Waals surface area (Å²) in [5.74, 6) is 1.10. The number of hydrogen-bond acceptors (Lipinski definition) is 5. The van der Waals surface area contributed by atoms with E-state index in [9.17, 15) is 4.79 Å². The van der Waals surface area contributed by atoms with Crippen molar-refractivity contribution >= 4 is 5.97 Å². The van der Waals surface area contributed by atoms with E-state index in [0.29, 0.717) is 29.9 Å². The van der Waals surface area contributed by atoms with E-state index in [4.69, 9.17) is 9.47 Å². The predicted octanol–water partition coefficient (Wildman–Crippen LogP) is 7.03.